The molecule has 0 aliphatic carbocycles. The first-order valence-electron chi connectivity index (χ1n) is 7.10. The number of anilines is 2. The second kappa shape index (κ2) is 6.38. The molecule has 23 heavy (non-hydrogen) atoms. The number of aryl methyl sites for hydroxylation is 1. The highest BCUT2D eigenvalue weighted by molar-refractivity contribution is 7.92. The first kappa shape index (κ1) is 16.1. The lowest BCUT2D eigenvalue weighted by Crippen LogP contribution is -2.36. The van der Waals surface area contributed by atoms with Crippen molar-refractivity contribution in [2.24, 2.45) is 7.05 Å². The minimum absolute atomic E-state index is 0.0717. The largest absolute Gasteiger partial charge is 0.378 e. The van der Waals surface area contributed by atoms with Crippen LogP contribution in [0, 0.1) is 0 Å². The Bertz CT molecular complexity index is 783. The fraction of sp³-hybridized carbons (Fsp3) is 0.357. The SMILES string of the molecule is Cn1cnc(S(=O)(=O)Nc2ccc(N3CCOCC3)cc2)c1Cl. The van der Waals surface area contributed by atoms with Gasteiger partial charge in [0.15, 0.2) is 0 Å². The van der Waals surface area contributed by atoms with Crippen LogP contribution in [0.1, 0.15) is 0 Å². The molecule has 1 saturated heterocycles. The Kier molecular flexibility index (Phi) is 4.47. The second-order valence-electron chi connectivity index (χ2n) is 5.20. The van der Waals surface area contributed by atoms with Crippen LogP contribution in [0.2, 0.25) is 5.15 Å². The zero-order chi connectivity index (χ0) is 16.4. The van der Waals surface area contributed by atoms with Crippen molar-refractivity contribution in [2.75, 3.05) is 35.9 Å². The molecule has 2 aromatic rings. The van der Waals surface area contributed by atoms with E-state index in [-0.39, 0.29) is 10.2 Å². The molecule has 1 N–H and O–H groups in total. The predicted octanol–water partition coefficient (Wildman–Crippen LogP) is 1.71. The van der Waals surface area contributed by atoms with Gasteiger partial charge >= 0.3 is 0 Å². The minimum Gasteiger partial charge on any atom is -0.378 e. The summed E-state index contributed by atoms with van der Waals surface area (Å²) in [5.41, 5.74) is 1.50. The zero-order valence-corrected chi connectivity index (χ0v) is 14.1. The number of rotatable bonds is 4. The van der Waals surface area contributed by atoms with Crippen LogP contribution in [0.25, 0.3) is 0 Å². The Morgan fingerprint density at radius 3 is 2.43 bits per heavy atom. The summed E-state index contributed by atoms with van der Waals surface area (Å²) in [7, 11) is -2.18. The van der Waals surface area contributed by atoms with E-state index < -0.39 is 10.0 Å². The molecular formula is C14H17ClN4O3S. The van der Waals surface area contributed by atoms with Gasteiger partial charge in [-0.15, -0.1) is 0 Å². The van der Waals surface area contributed by atoms with Crippen LogP contribution in [-0.2, 0) is 21.8 Å². The Labute approximate surface area is 139 Å². The summed E-state index contributed by atoms with van der Waals surface area (Å²) in [4.78, 5) is 6.02. The zero-order valence-electron chi connectivity index (χ0n) is 12.6. The topological polar surface area (TPSA) is 76.5 Å². The fourth-order valence-electron chi connectivity index (χ4n) is 2.34. The molecule has 0 amide bonds. The molecule has 1 fully saturated rings. The van der Waals surface area contributed by atoms with Crippen molar-refractivity contribution in [3.05, 3.63) is 35.7 Å². The van der Waals surface area contributed by atoms with Crippen LogP contribution >= 0.6 is 11.6 Å². The van der Waals surface area contributed by atoms with Gasteiger partial charge in [-0.3, -0.25) is 4.72 Å². The average Bonchev–Trinajstić information content (AvgIpc) is 2.89. The Hall–Kier alpha value is -1.77. The molecule has 7 nitrogen and oxygen atoms in total. The van der Waals surface area contributed by atoms with Gasteiger partial charge in [0.1, 0.15) is 5.15 Å². The standard InChI is InChI=1S/C14H17ClN4O3S/c1-18-10-16-14(13(18)15)23(20,21)17-11-2-4-12(5-3-11)19-6-8-22-9-7-19/h2-5,10,17H,6-9H2,1H3. The Balaban J connectivity index is 1.76. The normalized spacial score (nSPS) is 15.7. The minimum atomic E-state index is -3.81. The number of halogens is 1. The molecule has 1 aliphatic rings. The first-order chi connectivity index (χ1) is 11.0. The summed E-state index contributed by atoms with van der Waals surface area (Å²) in [6, 6.07) is 7.20. The maximum absolute atomic E-state index is 12.3. The summed E-state index contributed by atoms with van der Waals surface area (Å²) >= 11 is 5.95. The van der Waals surface area contributed by atoms with Crippen LogP contribution in [0.15, 0.2) is 35.6 Å². The number of nitrogens with zero attached hydrogens (tertiary/aromatic N) is 3. The molecule has 1 aliphatic heterocycles. The number of hydrogen-bond acceptors (Lipinski definition) is 5. The molecule has 0 atom stereocenters. The highest BCUT2D eigenvalue weighted by Crippen LogP contribution is 2.24. The molecule has 0 bridgehead atoms. The Morgan fingerprint density at radius 1 is 1.22 bits per heavy atom. The molecule has 3 rings (SSSR count). The van der Waals surface area contributed by atoms with Crippen LogP contribution < -0.4 is 9.62 Å². The predicted molar refractivity (Wildman–Crippen MR) is 88.5 cm³/mol. The van der Waals surface area contributed by atoms with Crippen molar-refractivity contribution in [2.45, 2.75) is 5.03 Å². The van der Waals surface area contributed by atoms with Gasteiger partial charge < -0.3 is 14.2 Å². The van der Waals surface area contributed by atoms with E-state index in [0.717, 1.165) is 18.8 Å². The number of nitrogens with one attached hydrogen (secondary N) is 1. The van der Waals surface area contributed by atoms with Gasteiger partial charge in [-0.1, -0.05) is 11.6 Å². The summed E-state index contributed by atoms with van der Waals surface area (Å²) in [5.74, 6) is 0. The number of imidazole rings is 1. The molecule has 0 spiro atoms. The summed E-state index contributed by atoms with van der Waals surface area (Å²) in [6.07, 6.45) is 1.36. The van der Waals surface area contributed by atoms with E-state index in [9.17, 15) is 8.42 Å². The van der Waals surface area contributed by atoms with Gasteiger partial charge in [0.25, 0.3) is 10.0 Å². The lowest BCUT2D eigenvalue weighted by Gasteiger charge is -2.28. The number of morpholine rings is 1. The maximum atomic E-state index is 12.3. The number of aromatic nitrogens is 2. The van der Waals surface area contributed by atoms with E-state index in [1.54, 1.807) is 19.2 Å². The quantitative estimate of drug-likeness (QED) is 0.902. The highest BCUT2D eigenvalue weighted by atomic mass is 35.5. The molecule has 1 aromatic carbocycles. The maximum Gasteiger partial charge on any atom is 0.282 e. The van der Waals surface area contributed by atoms with E-state index in [1.165, 1.54) is 10.9 Å². The van der Waals surface area contributed by atoms with Crippen molar-refractivity contribution in [3.8, 4) is 0 Å². The molecule has 9 heteroatoms. The third-order valence-corrected chi connectivity index (χ3v) is 5.45. The monoisotopic (exact) mass is 356 g/mol. The fourth-order valence-corrected chi connectivity index (χ4v) is 3.83. The van der Waals surface area contributed by atoms with Gasteiger partial charge in [0.05, 0.1) is 19.5 Å². The molecule has 0 saturated carbocycles. The van der Waals surface area contributed by atoms with Gasteiger partial charge in [-0.25, -0.2) is 4.98 Å². The van der Waals surface area contributed by atoms with E-state index in [0.29, 0.717) is 18.9 Å². The van der Waals surface area contributed by atoms with Crippen molar-refractivity contribution < 1.29 is 13.2 Å². The van der Waals surface area contributed by atoms with Crippen LogP contribution in [0.4, 0.5) is 11.4 Å². The lowest BCUT2D eigenvalue weighted by atomic mass is 10.2. The van der Waals surface area contributed by atoms with Gasteiger partial charge in [-0.05, 0) is 24.3 Å². The average molecular weight is 357 g/mol. The molecule has 0 unspecified atom stereocenters. The molecule has 2 heterocycles. The van der Waals surface area contributed by atoms with Gasteiger partial charge in [-0.2, -0.15) is 8.42 Å². The van der Waals surface area contributed by atoms with Crippen molar-refractivity contribution >= 4 is 33.0 Å². The van der Waals surface area contributed by atoms with E-state index >= 15 is 0 Å². The molecular weight excluding hydrogens is 340 g/mol. The van der Waals surface area contributed by atoms with Crippen molar-refractivity contribution in [3.63, 3.8) is 0 Å². The number of benzene rings is 1. The van der Waals surface area contributed by atoms with Crippen LogP contribution in [-0.4, -0.2) is 44.3 Å². The van der Waals surface area contributed by atoms with Crippen LogP contribution in [0.5, 0.6) is 0 Å². The molecule has 1 aromatic heterocycles. The second-order valence-corrected chi connectivity index (χ2v) is 7.16. The van der Waals surface area contributed by atoms with Gasteiger partial charge in [0.2, 0.25) is 5.03 Å². The molecule has 0 radical (unpaired) electrons. The smallest absolute Gasteiger partial charge is 0.282 e. The summed E-state index contributed by atoms with van der Waals surface area (Å²) < 4.78 is 33.9. The van der Waals surface area contributed by atoms with Crippen molar-refractivity contribution in [1.29, 1.82) is 0 Å². The van der Waals surface area contributed by atoms with E-state index in [4.69, 9.17) is 16.3 Å². The third kappa shape index (κ3) is 3.44. The first-order valence-corrected chi connectivity index (χ1v) is 8.96. The highest BCUT2D eigenvalue weighted by Gasteiger charge is 2.22. The number of ether oxygens (including phenoxy) is 1. The van der Waals surface area contributed by atoms with E-state index in [1.807, 2.05) is 12.1 Å². The number of hydrogen-bond donors (Lipinski definition) is 1. The third-order valence-electron chi connectivity index (χ3n) is 3.58. The lowest BCUT2D eigenvalue weighted by molar-refractivity contribution is 0.122. The van der Waals surface area contributed by atoms with Crippen molar-refractivity contribution in [1.82, 2.24) is 9.55 Å². The van der Waals surface area contributed by atoms with E-state index in [2.05, 4.69) is 14.6 Å². The Morgan fingerprint density at radius 2 is 1.87 bits per heavy atom. The molecule has 124 valence electrons. The summed E-state index contributed by atoms with van der Waals surface area (Å²) in [5, 5.41) is -0.110. The van der Waals surface area contributed by atoms with Crippen LogP contribution in [0.3, 0.4) is 0 Å². The number of sulfonamides is 1. The summed E-state index contributed by atoms with van der Waals surface area (Å²) in [6.45, 7) is 3.06. The van der Waals surface area contributed by atoms with Gasteiger partial charge in [0, 0.05) is 31.5 Å².